The van der Waals surface area contributed by atoms with Gasteiger partial charge >= 0.3 is 5.97 Å². The van der Waals surface area contributed by atoms with E-state index in [0.717, 1.165) is 12.8 Å². The van der Waals surface area contributed by atoms with Gasteiger partial charge in [0.15, 0.2) is 5.82 Å². The van der Waals surface area contributed by atoms with Crippen molar-refractivity contribution < 1.29 is 9.53 Å². The number of anilines is 1. The Kier molecular flexibility index (Phi) is 4.42. The topological polar surface area (TPSA) is 70.1 Å². The minimum atomic E-state index is -0.331. The van der Waals surface area contributed by atoms with E-state index in [1.165, 1.54) is 10.9 Å². The maximum Gasteiger partial charge on any atom is 0.327 e. The van der Waals surface area contributed by atoms with Crippen LogP contribution in [0.3, 0.4) is 0 Å². The molecule has 0 saturated heterocycles. The lowest BCUT2D eigenvalue weighted by molar-refractivity contribution is -0.144. The minimum Gasteiger partial charge on any atom is -0.464 e. The number of carbonyl (C=O) groups is 1. The van der Waals surface area contributed by atoms with Crippen molar-refractivity contribution >= 4 is 23.4 Å². The first kappa shape index (κ1) is 11.8. The number of nitrogen functional groups attached to an aromatic ring is 1. The number of halogens is 1. The third-order valence-corrected chi connectivity index (χ3v) is 2.09. The first-order valence-corrected chi connectivity index (χ1v) is 5.15. The lowest BCUT2D eigenvalue weighted by atomic mass is 10.4. The number of hydrogen-bond acceptors (Lipinski definition) is 4. The molecule has 0 amide bonds. The summed E-state index contributed by atoms with van der Waals surface area (Å²) in [6.45, 7) is 2.52. The standard InChI is InChI=1S/C9H14ClN3O2/c1-2-3-4-15-8(14)6-13-5-7(10)9(11)12-13/h5H,2-4,6H2,1H3,(H2,11,12). The fraction of sp³-hybridized carbons (Fsp3) is 0.556. The molecule has 1 rings (SSSR count). The van der Waals surface area contributed by atoms with E-state index in [2.05, 4.69) is 5.10 Å². The van der Waals surface area contributed by atoms with Crippen LogP contribution >= 0.6 is 11.6 Å². The lowest BCUT2D eigenvalue weighted by Gasteiger charge is -2.03. The molecule has 2 N–H and O–H groups in total. The Morgan fingerprint density at radius 1 is 1.73 bits per heavy atom. The maximum atomic E-state index is 11.2. The van der Waals surface area contributed by atoms with Gasteiger partial charge in [-0.15, -0.1) is 0 Å². The molecule has 0 atom stereocenters. The molecule has 15 heavy (non-hydrogen) atoms. The molecule has 0 bridgehead atoms. The summed E-state index contributed by atoms with van der Waals surface area (Å²) in [4.78, 5) is 11.2. The summed E-state index contributed by atoms with van der Waals surface area (Å²) >= 11 is 5.68. The van der Waals surface area contributed by atoms with Gasteiger partial charge in [-0.1, -0.05) is 24.9 Å². The number of esters is 1. The molecule has 0 spiro atoms. The number of nitrogens with zero attached hydrogens (tertiary/aromatic N) is 2. The van der Waals surface area contributed by atoms with Gasteiger partial charge in [0.25, 0.3) is 0 Å². The monoisotopic (exact) mass is 231 g/mol. The molecule has 0 radical (unpaired) electrons. The Hall–Kier alpha value is -1.23. The van der Waals surface area contributed by atoms with Gasteiger partial charge in [-0.3, -0.25) is 9.48 Å². The van der Waals surface area contributed by atoms with Crippen LogP contribution in [-0.4, -0.2) is 22.4 Å². The van der Waals surface area contributed by atoms with E-state index >= 15 is 0 Å². The highest BCUT2D eigenvalue weighted by Crippen LogP contribution is 2.14. The molecule has 6 heteroatoms. The van der Waals surface area contributed by atoms with E-state index in [-0.39, 0.29) is 18.3 Å². The fourth-order valence-electron chi connectivity index (χ4n) is 1.00. The van der Waals surface area contributed by atoms with Gasteiger partial charge in [-0.25, -0.2) is 0 Å². The molecule has 84 valence electrons. The number of aromatic nitrogens is 2. The van der Waals surface area contributed by atoms with E-state index in [1.807, 2.05) is 6.92 Å². The van der Waals surface area contributed by atoms with Crippen LogP contribution < -0.4 is 5.73 Å². The zero-order chi connectivity index (χ0) is 11.3. The van der Waals surface area contributed by atoms with Crippen molar-refractivity contribution in [2.24, 2.45) is 0 Å². The zero-order valence-corrected chi connectivity index (χ0v) is 9.33. The van der Waals surface area contributed by atoms with Crippen molar-refractivity contribution in [3.63, 3.8) is 0 Å². The highest BCUT2D eigenvalue weighted by molar-refractivity contribution is 6.32. The van der Waals surface area contributed by atoms with Crippen LogP contribution in [0, 0.1) is 0 Å². The van der Waals surface area contributed by atoms with Crippen molar-refractivity contribution in [1.82, 2.24) is 9.78 Å². The molecule has 1 aromatic heterocycles. The van der Waals surface area contributed by atoms with Crippen LogP contribution in [0.2, 0.25) is 5.02 Å². The highest BCUT2D eigenvalue weighted by Gasteiger charge is 2.07. The second kappa shape index (κ2) is 5.60. The first-order chi connectivity index (χ1) is 7.13. The molecule has 5 nitrogen and oxygen atoms in total. The van der Waals surface area contributed by atoms with E-state index in [0.29, 0.717) is 11.6 Å². The molecular weight excluding hydrogens is 218 g/mol. The van der Waals surface area contributed by atoms with E-state index < -0.39 is 0 Å². The predicted octanol–water partition coefficient (Wildman–Crippen LogP) is 1.46. The molecule has 1 aromatic rings. The molecule has 0 fully saturated rings. The summed E-state index contributed by atoms with van der Waals surface area (Å²) in [7, 11) is 0. The maximum absolute atomic E-state index is 11.2. The third-order valence-electron chi connectivity index (χ3n) is 1.80. The van der Waals surface area contributed by atoms with Crippen molar-refractivity contribution in [3.05, 3.63) is 11.2 Å². The highest BCUT2D eigenvalue weighted by atomic mass is 35.5. The Morgan fingerprint density at radius 2 is 2.47 bits per heavy atom. The Bertz CT molecular complexity index is 319. The average Bonchev–Trinajstić information content (AvgIpc) is 2.46. The Labute approximate surface area is 93.1 Å². The van der Waals surface area contributed by atoms with Gasteiger partial charge < -0.3 is 10.5 Å². The molecule has 0 aromatic carbocycles. The zero-order valence-electron chi connectivity index (χ0n) is 8.57. The Morgan fingerprint density at radius 3 is 3.00 bits per heavy atom. The average molecular weight is 232 g/mol. The van der Waals surface area contributed by atoms with Gasteiger partial charge in [0.1, 0.15) is 11.6 Å². The van der Waals surface area contributed by atoms with Gasteiger partial charge in [0, 0.05) is 6.20 Å². The number of hydrogen-bond donors (Lipinski definition) is 1. The van der Waals surface area contributed by atoms with Crippen LogP contribution in [0.1, 0.15) is 19.8 Å². The van der Waals surface area contributed by atoms with E-state index in [1.54, 1.807) is 0 Å². The molecule has 0 aliphatic heterocycles. The lowest BCUT2D eigenvalue weighted by Crippen LogP contribution is -2.14. The molecule has 0 aliphatic carbocycles. The largest absolute Gasteiger partial charge is 0.464 e. The van der Waals surface area contributed by atoms with Crippen LogP contribution in [0.15, 0.2) is 6.20 Å². The molecular formula is C9H14ClN3O2. The first-order valence-electron chi connectivity index (χ1n) is 4.77. The van der Waals surface area contributed by atoms with Gasteiger partial charge in [0.2, 0.25) is 0 Å². The molecule has 1 heterocycles. The second-order valence-corrected chi connectivity index (χ2v) is 3.54. The van der Waals surface area contributed by atoms with Crippen molar-refractivity contribution in [3.8, 4) is 0 Å². The normalized spacial score (nSPS) is 10.3. The second-order valence-electron chi connectivity index (χ2n) is 3.13. The van der Waals surface area contributed by atoms with Crippen LogP contribution in [-0.2, 0) is 16.1 Å². The smallest absolute Gasteiger partial charge is 0.327 e. The summed E-state index contributed by atoms with van der Waals surface area (Å²) in [5.74, 6) is -0.111. The summed E-state index contributed by atoms with van der Waals surface area (Å²) in [6.07, 6.45) is 3.36. The van der Waals surface area contributed by atoms with Crippen molar-refractivity contribution in [2.45, 2.75) is 26.3 Å². The molecule has 0 saturated carbocycles. The number of ether oxygens (including phenoxy) is 1. The summed E-state index contributed by atoms with van der Waals surface area (Å²) in [6, 6.07) is 0. The summed E-state index contributed by atoms with van der Waals surface area (Å²) < 4.78 is 6.32. The molecule has 0 unspecified atom stereocenters. The molecule has 0 aliphatic rings. The van der Waals surface area contributed by atoms with Gasteiger partial charge in [-0.2, -0.15) is 5.10 Å². The van der Waals surface area contributed by atoms with Crippen LogP contribution in [0.25, 0.3) is 0 Å². The number of unbranched alkanes of at least 4 members (excludes halogenated alkanes) is 1. The summed E-state index contributed by atoms with van der Waals surface area (Å²) in [5.41, 5.74) is 5.42. The van der Waals surface area contributed by atoms with Gasteiger partial charge in [0.05, 0.1) is 6.61 Å². The van der Waals surface area contributed by atoms with Crippen molar-refractivity contribution in [1.29, 1.82) is 0 Å². The number of rotatable bonds is 5. The van der Waals surface area contributed by atoms with Crippen LogP contribution in [0.4, 0.5) is 5.82 Å². The summed E-state index contributed by atoms with van der Waals surface area (Å²) in [5, 5.41) is 4.18. The van der Waals surface area contributed by atoms with Crippen molar-refractivity contribution in [2.75, 3.05) is 12.3 Å². The van der Waals surface area contributed by atoms with Crippen LogP contribution in [0.5, 0.6) is 0 Å². The van der Waals surface area contributed by atoms with E-state index in [9.17, 15) is 4.79 Å². The third kappa shape index (κ3) is 3.79. The van der Waals surface area contributed by atoms with Gasteiger partial charge in [-0.05, 0) is 6.42 Å². The Balaban J connectivity index is 2.37. The quantitative estimate of drug-likeness (QED) is 0.615. The minimum absolute atomic E-state index is 0.0423. The number of nitrogens with two attached hydrogens (primary N) is 1. The van der Waals surface area contributed by atoms with E-state index in [4.69, 9.17) is 22.1 Å². The SMILES string of the molecule is CCCCOC(=O)Cn1cc(Cl)c(N)n1. The number of carbonyl (C=O) groups excluding carboxylic acids is 1. The fourth-order valence-corrected chi connectivity index (χ4v) is 1.15. The predicted molar refractivity (Wildman–Crippen MR) is 57.5 cm³/mol.